The molecule has 0 radical (unpaired) electrons. The van der Waals surface area contributed by atoms with E-state index in [0.717, 1.165) is 4.70 Å². The zero-order valence-electron chi connectivity index (χ0n) is 13.0. The topological polar surface area (TPSA) is 105 Å². The Balaban J connectivity index is 1.55. The molecule has 2 aromatic rings. The highest BCUT2D eigenvalue weighted by molar-refractivity contribution is 7.20. The van der Waals surface area contributed by atoms with Gasteiger partial charge in [0.25, 0.3) is 5.19 Å². The van der Waals surface area contributed by atoms with Gasteiger partial charge in [-0.05, 0) is 26.8 Å². The van der Waals surface area contributed by atoms with Crippen molar-refractivity contribution in [3.05, 3.63) is 11.8 Å². The molecule has 1 fully saturated rings. The molecule has 0 atom stereocenters. The van der Waals surface area contributed by atoms with Crippen molar-refractivity contribution < 1.29 is 24.2 Å². The molecule has 0 unspecified atom stereocenters. The fourth-order valence-corrected chi connectivity index (χ4v) is 2.97. The van der Waals surface area contributed by atoms with Crippen molar-refractivity contribution in [2.24, 2.45) is 0 Å². The van der Waals surface area contributed by atoms with E-state index in [0.29, 0.717) is 23.9 Å². The number of carboxylic acid groups (broad SMARTS) is 1. The van der Waals surface area contributed by atoms with Crippen molar-refractivity contribution >= 4 is 33.7 Å². The first-order valence-corrected chi connectivity index (χ1v) is 7.90. The third kappa shape index (κ3) is 3.39. The summed E-state index contributed by atoms with van der Waals surface area (Å²) < 4.78 is 11.7. The van der Waals surface area contributed by atoms with Crippen LogP contribution in [0.5, 0.6) is 5.19 Å². The Labute approximate surface area is 136 Å². The number of likely N-dealkylation sites (tertiary alicyclic amines) is 1. The number of aromatic carboxylic acids is 1. The summed E-state index contributed by atoms with van der Waals surface area (Å²) in [5.41, 5.74) is 0.0784. The Bertz CT molecular complexity index is 723. The quantitative estimate of drug-likeness (QED) is 0.889. The maximum absolute atomic E-state index is 11.8. The fraction of sp³-hybridized carbons (Fsp3) is 0.500. The zero-order chi connectivity index (χ0) is 16.8. The van der Waals surface area contributed by atoms with Crippen LogP contribution in [0, 0.1) is 0 Å². The summed E-state index contributed by atoms with van der Waals surface area (Å²) in [5.74, 6) is -1.02. The number of fused-ring (bicyclic) bond motifs is 1. The van der Waals surface area contributed by atoms with Gasteiger partial charge in [0, 0.05) is 0 Å². The predicted molar refractivity (Wildman–Crippen MR) is 83.2 cm³/mol. The third-order valence-corrected chi connectivity index (χ3v) is 4.05. The lowest BCUT2D eigenvalue weighted by Gasteiger charge is -2.38. The highest BCUT2D eigenvalue weighted by Crippen LogP contribution is 2.30. The van der Waals surface area contributed by atoms with Crippen LogP contribution in [0.25, 0.3) is 10.3 Å². The molecule has 1 aliphatic heterocycles. The monoisotopic (exact) mass is 339 g/mol. The number of nitrogens with zero attached hydrogens (tertiary/aromatic N) is 2. The summed E-state index contributed by atoms with van der Waals surface area (Å²) in [4.78, 5) is 31.2. The van der Waals surface area contributed by atoms with Crippen LogP contribution in [-0.4, -0.2) is 56.8 Å². The SMILES string of the molecule is CC(C)(C)OC(=O)N1CC(Oc2nc3[nH]c(C(=O)O)cc3s2)C1. The number of rotatable bonds is 3. The van der Waals surface area contributed by atoms with E-state index in [1.54, 1.807) is 4.90 Å². The minimum atomic E-state index is -1.02. The number of carbonyl (C=O) groups excluding carboxylic acids is 1. The Morgan fingerprint density at radius 2 is 2.13 bits per heavy atom. The van der Waals surface area contributed by atoms with Crippen molar-refractivity contribution in [3.8, 4) is 5.19 Å². The first-order valence-electron chi connectivity index (χ1n) is 7.09. The Kier molecular flexibility index (Phi) is 3.67. The van der Waals surface area contributed by atoms with Crippen molar-refractivity contribution in [1.82, 2.24) is 14.9 Å². The number of hydrogen-bond acceptors (Lipinski definition) is 6. The van der Waals surface area contributed by atoms with Crippen LogP contribution in [0.4, 0.5) is 4.79 Å². The van der Waals surface area contributed by atoms with Gasteiger partial charge < -0.3 is 24.5 Å². The van der Waals surface area contributed by atoms with Gasteiger partial charge >= 0.3 is 12.1 Å². The molecule has 1 amide bonds. The fourth-order valence-electron chi connectivity index (χ4n) is 2.09. The number of aromatic nitrogens is 2. The van der Waals surface area contributed by atoms with E-state index in [1.165, 1.54) is 17.4 Å². The van der Waals surface area contributed by atoms with Crippen molar-refractivity contribution in [2.45, 2.75) is 32.5 Å². The number of carboxylic acids is 1. The molecule has 124 valence electrons. The van der Waals surface area contributed by atoms with Crippen LogP contribution in [0.1, 0.15) is 31.3 Å². The molecule has 0 aliphatic carbocycles. The number of ether oxygens (including phenoxy) is 2. The molecule has 3 rings (SSSR count). The molecule has 8 nitrogen and oxygen atoms in total. The molecule has 0 aromatic carbocycles. The number of amides is 1. The summed E-state index contributed by atoms with van der Waals surface area (Å²) in [6.07, 6.45) is -0.480. The van der Waals surface area contributed by atoms with Crippen LogP contribution in [0.3, 0.4) is 0 Å². The second-order valence-corrected chi connectivity index (χ2v) is 7.30. The second-order valence-electron chi connectivity index (χ2n) is 6.31. The van der Waals surface area contributed by atoms with Crippen LogP contribution >= 0.6 is 11.3 Å². The van der Waals surface area contributed by atoms with Crippen molar-refractivity contribution in [3.63, 3.8) is 0 Å². The highest BCUT2D eigenvalue weighted by Gasteiger charge is 2.35. The number of carbonyl (C=O) groups is 2. The maximum atomic E-state index is 11.8. The van der Waals surface area contributed by atoms with Crippen LogP contribution in [0.15, 0.2) is 6.07 Å². The Hall–Kier alpha value is -2.29. The number of H-pyrrole nitrogens is 1. The Morgan fingerprint density at radius 3 is 2.70 bits per heavy atom. The van der Waals surface area contributed by atoms with Gasteiger partial charge in [0.05, 0.1) is 17.8 Å². The maximum Gasteiger partial charge on any atom is 0.410 e. The van der Waals surface area contributed by atoms with Crippen molar-refractivity contribution in [1.29, 1.82) is 0 Å². The molecule has 23 heavy (non-hydrogen) atoms. The van der Waals surface area contributed by atoms with Gasteiger partial charge in [-0.25, -0.2) is 9.59 Å². The van der Waals surface area contributed by atoms with Gasteiger partial charge in [-0.3, -0.25) is 0 Å². The molecule has 2 N–H and O–H groups in total. The van der Waals surface area contributed by atoms with E-state index in [2.05, 4.69) is 9.97 Å². The molecule has 3 heterocycles. The summed E-state index contributed by atoms with van der Waals surface area (Å²) in [6.45, 7) is 6.36. The first kappa shape index (κ1) is 15.6. The summed E-state index contributed by atoms with van der Waals surface area (Å²) in [6, 6.07) is 1.52. The average molecular weight is 339 g/mol. The Morgan fingerprint density at radius 1 is 1.43 bits per heavy atom. The summed E-state index contributed by atoms with van der Waals surface area (Å²) in [7, 11) is 0. The first-order chi connectivity index (χ1) is 10.7. The van der Waals surface area contributed by atoms with E-state index < -0.39 is 11.6 Å². The van der Waals surface area contributed by atoms with E-state index >= 15 is 0 Å². The van der Waals surface area contributed by atoms with Gasteiger partial charge in [-0.15, -0.1) is 0 Å². The van der Waals surface area contributed by atoms with E-state index in [4.69, 9.17) is 14.6 Å². The molecule has 0 saturated carbocycles. The smallest absolute Gasteiger partial charge is 0.410 e. The molecule has 2 aromatic heterocycles. The third-order valence-electron chi connectivity index (χ3n) is 3.16. The standard InChI is InChI=1S/C14H17N3O5S/c1-14(2,3)22-13(20)17-5-7(6-17)21-12-16-10-9(23-12)4-8(15-10)11(18)19/h4,7,15H,5-6H2,1-3H3,(H,18,19). The van der Waals surface area contributed by atoms with Gasteiger partial charge in [-0.1, -0.05) is 11.3 Å². The normalized spacial score (nSPS) is 15.5. The summed E-state index contributed by atoms with van der Waals surface area (Å²) >= 11 is 1.27. The second kappa shape index (κ2) is 5.41. The lowest BCUT2D eigenvalue weighted by atomic mass is 10.2. The van der Waals surface area contributed by atoms with Crippen LogP contribution < -0.4 is 4.74 Å². The lowest BCUT2D eigenvalue weighted by Crippen LogP contribution is -2.57. The van der Waals surface area contributed by atoms with Crippen LogP contribution in [0.2, 0.25) is 0 Å². The number of aromatic amines is 1. The molecule has 1 aliphatic rings. The molecule has 0 bridgehead atoms. The largest absolute Gasteiger partial charge is 0.477 e. The molecular formula is C14H17N3O5S. The minimum absolute atomic E-state index is 0.102. The number of nitrogens with one attached hydrogen (secondary N) is 1. The van der Waals surface area contributed by atoms with Gasteiger partial charge in [0.1, 0.15) is 17.4 Å². The van der Waals surface area contributed by atoms with Gasteiger partial charge in [0.15, 0.2) is 5.65 Å². The average Bonchev–Trinajstić information content (AvgIpc) is 2.88. The van der Waals surface area contributed by atoms with Crippen LogP contribution in [-0.2, 0) is 4.74 Å². The predicted octanol–water partition coefficient (Wildman–Crippen LogP) is 2.32. The molecular weight excluding hydrogens is 322 g/mol. The van der Waals surface area contributed by atoms with E-state index in [-0.39, 0.29) is 17.9 Å². The number of hydrogen-bond donors (Lipinski definition) is 2. The number of thiazole rings is 1. The van der Waals surface area contributed by atoms with Gasteiger partial charge in [0.2, 0.25) is 0 Å². The van der Waals surface area contributed by atoms with Crippen molar-refractivity contribution in [2.75, 3.05) is 13.1 Å². The highest BCUT2D eigenvalue weighted by atomic mass is 32.1. The van der Waals surface area contributed by atoms with E-state index in [9.17, 15) is 9.59 Å². The minimum Gasteiger partial charge on any atom is -0.477 e. The summed E-state index contributed by atoms with van der Waals surface area (Å²) in [5, 5.41) is 9.35. The van der Waals surface area contributed by atoms with E-state index in [1.807, 2.05) is 20.8 Å². The lowest BCUT2D eigenvalue weighted by molar-refractivity contribution is -0.0221. The zero-order valence-corrected chi connectivity index (χ0v) is 13.8. The molecule has 9 heteroatoms. The molecule has 1 saturated heterocycles. The molecule has 0 spiro atoms. The van der Waals surface area contributed by atoms with Gasteiger partial charge in [-0.2, -0.15) is 4.98 Å².